The fourth-order valence-electron chi connectivity index (χ4n) is 2.81. The first-order valence-electron chi connectivity index (χ1n) is 8.74. The van der Waals surface area contributed by atoms with E-state index in [1.54, 1.807) is 24.5 Å². The molecular weight excluding hydrogens is 324 g/mol. The van der Waals surface area contributed by atoms with Crippen molar-refractivity contribution in [1.82, 2.24) is 10.3 Å². The Morgan fingerprint density at radius 1 is 1.00 bits per heavy atom. The van der Waals surface area contributed by atoms with Crippen molar-refractivity contribution in [1.29, 1.82) is 0 Å². The average Bonchev–Trinajstić information content (AvgIpc) is 2.70. The minimum atomic E-state index is -0.131. The van der Waals surface area contributed by atoms with Crippen molar-refractivity contribution in [2.75, 3.05) is 6.61 Å². The molecule has 4 nitrogen and oxygen atoms in total. The maximum Gasteiger partial charge on any atom is 0.251 e. The Labute approximate surface area is 153 Å². The molecule has 1 aromatic heterocycles. The van der Waals surface area contributed by atoms with E-state index < -0.39 is 0 Å². The molecule has 1 amide bonds. The summed E-state index contributed by atoms with van der Waals surface area (Å²) < 4.78 is 5.51. The van der Waals surface area contributed by atoms with Crippen LogP contribution in [0.3, 0.4) is 0 Å². The molecule has 2 aromatic carbocycles. The Morgan fingerprint density at radius 3 is 2.35 bits per heavy atom. The molecule has 0 bridgehead atoms. The number of rotatable bonds is 7. The number of carbonyl (C=O) groups is 1. The molecule has 26 heavy (non-hydrogen) atoms. The minimum absolute atomic E-state index is 0.109. The zero-order chi connectivity index (χ0) is 18.2. The molecule has 1 heterocycles. The Bertz CT molecular complexity index is 818. The van der Waals surface area contributed by atoms with Gasteiger partial charge in [0.25, 0.3) is 5.91 Å². The number of ether oxygens (including phenoxy) is 1. The van der Waals surface area contributed by atoms with E-state index in [1.165, 1.54) is 5.56 Å². The lowest BCUT2D eigenvalue weighted by Gasteiger charge is -2.20. The number of hydrogen-bond acceptors (Lipinski definition) is 3. The first-order chi connectivity index (χ1) is 12.8. The molecule has 1 atom stereocenters. The summed E-state index contributed by atoms with van der Waals surface area (Å²) in [7, 11) is 0. The number of amides is 1. The molecular formula is C22H22N2O2. The summed E-state index contributed by atoms with van der Waals surface area (Å²) >= 11 is 0. The number of hydrogen-bond donors (Lipinski definition) is 1. The molecule has 1 unspecified atom stereocenters. The van der Waals surface area contributed by atoms with E-state index in [4.69, 9.17) is 4.74 Å². The predicted octanol–water partition coefficient (Wildman–Crippen LogP) is 4.19. The van der Waals surface area contributed by atoms with Gasteiger partial charge in [0.05, 0.1) is 12.6 Å². The Kier molecular flexibility index (Phi) is 5.99. The second-order valence-corrected chi connectivity index (χ2v) is 5.95. The average molecular weight is 346 g/mol. The Hall–Kier alpha value is -3.14. The third-order valence-corrected chi connectivity index (χ3v) is 4.12. The standard InChI is InChI=1S/C22H22N2O2/c1-2-26-20-10-8-18(9-11-20)21(16-17-6-4-3-5-7-17)24-22(25)19-12-14-23-15-13-19/h3-15,21H,2,16H2,1H3,(H,24,25). The van der Waals surface area contributed by atoms with Gasteiger partial charge in [0.2, 0.25) is 0 Å². The lowest BCUT2D eigenvalue weighted by Crippen LogP contribution is -2.30. The highest BCUT2D eigenvalue weighted by Gasteiger charge is 2.16. The molecule has 4 heteroatoms. The van der Waals surface area contributed by atoms with Crippen LogP contribution in [0.5, 0.6) is 5.75 Å². The summed E-state index contributed by atoms with van der Waals surface area (Å²) in [6, 6.07) is 21.3. The van der Waals surface area contributed by atoms with Crippen molar-refractivity contribution in [3.05, 3.63) is 95.8 Å². The van der Waals surface area contributed by atoms with Crippen LogP contribution < -0.4 is 10.1 Å². The first kappa shape index (κ1) is 17.7. The van der Waals surface area contributed by atoms with Crippen LogP contribution in [0.15, 0.2) is 79.1 Å². The zero-order valence-electron chi connectivity index (χ0n) is 14.8. The second-order valence-electron chi connectivity index (χ2n) is 5.95. The first-order valence-corrected chi connectivity index (χ1v) is 8.74. The molecule has 3 rings (SSSR count). The van der Waals surface area contributed by atoms with Crippen LogP contribution in [0.1, 0.15) is 34.5 Å². The van der Waals surface area contributed by atoms with Crippen molar-refractivity contribution < 1.29 is 9.53 Å². The van der Waals surface area contributed by atoms with Crippen molar-refractivity contribution in [2.24, 2.45) is 0 Å². The van der Waals surface area contributed by atoms with Crippen LogP contribution >= 0.6 is 0 Å². The molecule has 0 saturated heterocycles. The van der Waals surface area contributed by atoms with Gasteiger partial charge < -0.3 is 10.1 Å². The summed E-state index contributed by atoms with van der Waals surface area (Å²) in [4.78, 5) is 16.6. The topological polar surface area (TPSA) is 51.2 Å². The number of aromatic nitrogens is 1. The Balaban J connectivity index is 1.82. The van der Waals surface area contributed by atoms with E-state index in [-0.39, 0.29) is 11.9 Å². The third kappa shape index (κ3) is 4.70. The molecule has 0 aliphatic heterocycles. The normalized spacial score (nSPS) is 11.6. The highest BCUT2D eigenvalue weighted by Crippen LogP contribution is 2.22. The maximum absolute atomic E-state index is 12.6. The number of carbonyl (C=O) groups excluding carboxylic acids is 1. The van der Waals surface area contributed by atoms with Gasteiger partial charge in [-0.25, -0.2) is 0 Å². The molecule has 0 aliphatic carbocycles. The molecule has 0 saturated carbocycles. The lowest BCUT2D eigenvalue weighted by molar-refractivity contribution is 0.0936. The van der Waals surface area contributed by atoms with Gasteiger partial charge in [0, 0.05) is 18.0 Å². The van der Waals surface area contributed by atoms with Crippen molar-refractivity contribution in [3.8, 4) is 5.75 Å². The van der Waals surface area contributed by atoms with Gasteiger partial charge in [-0.3, -0.25) is 9.78 Å². The van der Waals surface area contributed by atoms with Crippen LogP contribution in [0.25, 0.3) is 0 Å². The van der Waals surface area contributed by atoms with Crippen molar-refractivity contribution >= 4 is 5.91 Å². The van der Waals surface area contributed by atoms with E-state index in [0.29, 0.717) is 18.6 Å². The third-order valence-electron chi connectivity index (χ3n) is 4.12. The van der Waals surface area contributed by atoms with Crippen LogP contribution in [0.2, 0.25) is 0 Å². The van der Waals surface area contributed by atoms with Crippen LogP contribution in [0, 0.1) is 0 Å². The molecule has 0 radical (unpaired) electrons. The molecule has 0 fully saturated rings. The fraction of sp³-hybridized carbons (Fsp3) is 0.182. The second kappa shape index (κ2) is 8.81. The van der Waals surface area contributed by atoms with Crippen LogP contribution in [-0.2, 0) is 6.42 Å². The highest BCUT2D eigenvalue weighted by molar-refractivity contribution is 5.94. The van der Waals surface area contributed by atoms with E-state index in [9.17, 15) is 4.79 Å². The molecule has 132 valence electrons. The van der Waals surface area contributed by atoms with E-state index in [0.717, 1.165) is 11.3 Å². The number of pyridine rings is 1. The number of nitrogens with one attached hydrogen (secondary N) is 1. The summed E-state index contributed by atoms with van der Waals surface area (Å²) in [6.07, 6.45) is 3.96. The van der Waals surface area contributed by atoms with Gasteiger partial charge in [-0.2, -0.15) is 0 Å². The van der Waals surface area contributed by atoms with Gasteiger partial charge in [-0.05, 0) is 48.7 Å². The lowest BCUT2D eigenvalue weighted by atomic mass is 9.98. The summed E-state index contributed by atoms with van der Waals surface area (Å²) in [5.74, 6) is 0.720. The number of nitrogens with zero attached hydrogens (tertiary/aromatic N) is 1. The van der Waals surface area contributed by atoms with Gasteiger partial charge >= 0.3 is 0 Å². The van der Waals surface area contributed by atoms with Crippen molar-refractivity contribution in [2.45, 2.75) is 19.4 Å². The van der Waals surface area contributed by atoms with Gasteiger partial charge in [0.1, 0.15) is 5.75 Å². The summed E-state index contributed by atoms with van der Waals surface area (Å²) in [5.41, 5.74) is 2.81. The van der Waals surface area contributed by atoms with Gasteiger partial charge in [0.15, 0.2) is 0 Å². The quantitative estimate of drug-likeness (QED) is 0.698. The monoisotopic (exact) mass is 346 g/mol. The van der Waals surface area contributed by atoms with Crippen LogP contribution in [0.4, 0.5) is 0 Å². The molecule has 3 aromatic rings. The Morgan fingerprint density at radius 2 is 1.69 bits per heavy atom. The fourth-order valence-corrected chi connectivity index (χ4v) is 2.81. The SMILES string of the molecule is CCOc1ccc(C(Cc2ccccc2)NC(=O)c2ccncc2)cc1. The van der Waals surface area contributed by atoms with E-state index in [1.807, 2.05) is 49.4 Å². The van der Waals surface area contributed by atoms with Gasteiger partial charge in [-0.1, -0.05) is 42.5 Å². The smallest absolute Gasteiger partial charge is 0.251 e. The van der Waals surface area contributed by atoms with Crippen molar-refractivity contribution in [3.63, 3.8) is 0 Å². The van der Waals surface area contributed by atoms with Crippen LogP contribution in [-0.4, -0.2) is 17.5 Å². The molecule has 0 spiro atoms. The summed E-state index contributed by atoms with van der Waals surface area (Å²) in [6.45, 7) is 2.59. The highest BCUT2D eigenvalue weighted by atomic mass is 16.5. The van der Waals surface area contributed by atoms with E-state index >= 15 is 0 Å². The summed E-state index contributed by atoms with van der Waals surface area (Å²) in [5, 5.41) is 3.14. The molecule has 0 aliphatic rings. The maximum atomic E-state index is 12.6. The zero-order valence-corrected chi connectivity index (χ0v) is 14.8. The van der Waals surface area contributed by atoms with Gasteiger partial charge in [-0.15, -0.1) is 0 Å². The number of benzene rings is 2. The molecule has 1 N–H and O–H groups in total. The predicted molar refractivity (Wildman–Crippen MR) is 102 cm³/mol. The van der Waals surface area contributed by atoms with E-state index in [2.05, 4.69) is 22.4 Å². The largest absolute Gasteiger partial charge is 0.494 e. The minimum Gasteiger partial charge on any atom is -0.494 e.